The average molecular weight is 423 g/mol. The lowest BCUT2D eigenvalue weighted by Crippen LogP contribution is -2.58. The van der Waals surface area contributed by atoms with Crippen LogP contribution >= 0.6 is 11.6 Å². The van der Waals surface area contributed by atoms with Gasteiger partial charge in [-0.1, -0.05) is 17.7 Å². The number of halogens is 4. The predicted molar refractivity (Wildman–Crippen MR) is 104 cm³/mol. The van der Waals surface area contributed by atoms with Crippen LogP contribution in [0, 0.1) is 6.57 Å². The highest BCUT2D eigenvalue weighted by molar-refractivity contribution is 6.33. The lowest BCUT2D eigenvalue weighted by atomic mass is 10.1. The second-order valence-corrected chi connectivity index (χ2v) is 7.39. The molecule has 2 atom stereocenters. The monoisotopic (exact) mass is 422 g/mol. The van der Waals surface area contributed by atoms with Crippen molar-refractivity contribution in [3.05, 3.63) is 64.2 Å². The Morgan fingerprint density at radius 2 is 1.93 bits per heavy atom. The van der Waals surface area contributed by atoms with Crippen molar-refractivity contribution in [2.24, 2.45) is 0 Å². The highest BCUT2D eigenvalue weighted by Gasteiger charge is 2.35. The molecule has 0 bridgehead atoms. The summed E-state index contributed by atoms with van der Waals surface area (Å²) in [4.78, 5) is 23.3. The van der Waals surface area contributed by atoms with E-state index in [9.17, 15) is 18.0 Å². The maximum atomic E-state index is 12.8. The standard InChI is InChI=1S/C20H18ClF3N4O/c1-12-11-28(19(29)14-4-7-18(26-9-14)20(22,23)24)13(2)10-27(12)15-5-6-17(25-3)16(21)8-15/h4-9,12-13H,10-11H2,1-2H3/t12-,13+/m0/s1. The van der Waals surface area contributed by atoms with Gasteiger partial charge in [-0.2, -0.15) is 13.2 Å². The third-order valence-corrected chi connectivity index (χ3v) is 5.23. The number of benzene rings is 1. The zero-order chi connectivity index (χ0) is 21.3. The van der Waals surface area contributed by atoms with E-state index in [0.29, 0.717) is 23.8 Å². The fourth-order valence-corrected chi connectivity index (χ4v) is 3.61. The van der Waals surface area contributed by atoms with E-state index < -0.39 is 11.9 Å². The molecule has 1 aliphatic rings. The number of aromatic nitrogens is 1. The van der Waals surface area contributed by atoms with Crippen LogP contribution in [0.2, 0.25) is 5.02 Å². The number of rotatable bonds is 2. The molecule has 1 aromatic heterocycles. The van der Waals surface area contributed by atoms with Crippen LogP contribution in [0.4, 0.5) is 24.5 Å². The van der Waals surface area contributed by atoms with Crippen LogP contribution in [0.5, 0.6) is 0 Å². The first-order chi connectivity index (χ1) is 13.6. The number of hydrogen-bond acceptors (Lipinski definition) is 3. The highest BCUT2D eigenvalue weighted by Crippen LogP contribution is 2.32. The van der Waals surface area contributed by atoms with Gasteiger partial charge in [0.1, 0.15) is 5.69 Å². The number of anilines is 1. The van der Waals surface area contributed by atoms with Gasteiger partial charge in [0.25, 0.3) is 5.91 Å². The third kappa shape index (κ3) is 4.30. The molecule has 2 aromatic rings. The molecule has 1 fully saturated rings. The van der Waals surface area contributed by atoms with E-state index in [4.69, 9.17) is 18.2 Å². The zero-order valence-corrected chi connectivity index (χ0v) is 16.5. The summed E-state index contributed by atoms with van der Waals surface area (Å²) in [6, 6.07) is 6.96. The SMILES string of the molecule is [C-]#[N+]c1ccc(N2C[C@@H](C)N(C(=O)c3ccc(C(F)(F)F)nc3)C[C@@H]2C)cc1Cl. The van der Waals surface area contributed by atoms with Crippen molar-refractivity contribution in [2.45, 2.75) is 32.1 Å². The molecule has 1 amide bonds. The largest absolute Gasteiger partial charge is 0.433 e. The van der Waals surface area contributed by atoms with Crippen LogP contribution in [-0.2, 0) is 6.18 Å². The van der Waals surface area contributed by atoms with Gasteiger partial charge in [0.2, 0.25) is 5.69 Å². The zero-order valence-electron chi connectivity index (χ0n) is 15.7. The van der Waals surface area contributed by atoms with Crippen molar-refractivity contribution >= 4 is 28.9 Å². The molecule has 2 heterocycles. The molecular formula is C20H18ClF3N4O. The van der Waals surface area contributed by atoms with Crippen LogP contribution in [-0.4, -0.2) is 41.0 Å². The van der Waals surface area contributed by atoms with E-state index in [1.165, 1.54) is 0 Å². The Bertz CT molecular complexity index is 956. The van der Waals surface area contributed by atoms with E-state index in [1.807, 2.05) is 19.9 Å². The number of carbonyl (C=O) groups is 1. The number of carbonyl (C=O) groups excluding carboxylic acids is 1. The minimum atomic E-state index is -4.54. The molecule has 9 heteroatoms. The molecule has 5 nitrogen and oxygen atoms in total. The number of amides is 1. The fraction of sp³-hybridized carbons (Fsp3) is 0.350. The second kappa shape index (κ2) is 7.91. The predicted octanol–water partition coefficient (Wildman–Crippen LogP) is 5.04. The normalized spacial score (nSPS) is 19.8. The highest BCUT2D eigenvalue weighted by atomic mass is 35.5. The maximum Gasteiger partial charge on any atom is 0.433 e. The molecule has 1 aromatic carbocycles. The van der Waals surface area contributed by atoms with Gasteiger partial charge in [-0.15, -0.1) is 0 Å². The van der Waals surface area contributed by atoms with E-state index in [0.717, 1.165) is 24.0 Å². The number of nitrogens with zero attached hydrogens (tertiary/aromatic N) is 4. The van der Waals surface area contributed by atoms with Crippen LogP contribution in [0.1, 0.15) is 29.9 Å². The molecule has 0 radical (unpaired) electrons. The topological polar surface area (TPSA) is 40.8 Å². The molecular weight excluding hydrogens is 405 g/mol. The van der Waals surface area contributed by atoms with Crippen molar-refractivity contribution < 1.29 is 18.0 Å². The van der Waals surface area contributed by atoms with Gasteiger partial charge in [-0.25, -0.2) is 4.85 Å². The van der Waals surface area contributed by atoms with Crippen molar-refractivity contribution in [3.63, 3.8) is 0 Å². The van der Waals surface area contributed by atoms with Crippen LogP contribution in [0.25, 0.3) is 4.85 Å². The molecule has 152 valence electrons. The molecule has 29 heavy (non-hydrogen) atoms. The van der Waals surface area contributed by atoms with E-state index in [2.05, 4.69) is 14.7 Å². The Labute approximate surface area is 171 Å². The Balaban J connectivity index is 1.77. The number of piperazine rings is 1. The van der Waals surface area contributed by atoms with Crippen LogP contribution < -0.4 is 4.90 Å². The molecule has 0 unspecified atom stereocenters. The first kappa shape index (κ1) is 20.9. The Kier molecular flexibility index (Phi) is 5.71. The summed E-state index contributed by atoms with van der Waals surface area (Å²) < 4.78 is 38.0. The first-order valence-electron chi connectivity index (χ1n) is 8.89. The maximum absolute atomic E-state index is 12.8. The molecule has 0 saturated carbocycles. The van der Waals surface area contributed by atoms with E-state index >= 15 is 0 Å². The van der Waals surface area contributed by atoms with Gasteiger partial charge in [0, 0.05) is 42.1 Å². The van der Waals surface area contributed by atoms with Gasteiger partial charge >= 0.3 is 6.18 Å². The summed E-state index contributed by atoms with van der Waals surface area (Å²) in [5.41, 5.74) is 0.319. The lowest BCUT2D eigenvalue weighted by molar-refractivity contribution is -0.141. The van der Waals surface area contributed by atoms with Crippen molar-refractivity contribution in [2.75, 3.05) is 18.0 Å². The van der Waals surface area contributed by atoms with E-state index in [-0.39, 0.29) is 23.6 Å². The molecule has 1 saturated heterocycles. The summed E-state index contributed by atoms with van der Waals surface area (Å²) in [5.74, 6) is -0.355. The lowest BCUT2D eigenvalue weighted by Gasteiger charge is -2.45. The third-order valence-electron chi connectivity index (χ3n) is 4.93. The Morgan fingerprint density at radius 3 is 2.48 bits per heavy atom. The van der Waals surface area contributed by atoms with E-state index in [1.54, 1.807) is 17.0 Å². The summed E-state index contributed by atoms with van der Waals surface area (Å²) in [7, 11) is 0. The van der Waals surface area contributed by atoms with Gasteiger partial charge in [0.15, 0.2) is 0 Å². The number of hydrogen-bond donors (Lipinski definition) is 0. The van der Waals surface area contributed by atoms with Gasteiger partial charge in [-0.05, 0) is 38.1 Å². The molecule has 0 N–H and O–H groups in total. The molecule has 0 aliphatic carbocycles. The van der Waals surface area contributed by atoms with Crippen molar-refractivity contribution in [3.8, 4) is 0 Å². The quantitative estimate of drug-likeness (QED) is 0.636. The van der Waals surface area contributed by atoms with Crippen molar-refractivity contribution in [1.82, 2.24) is 9.88 Å². The molecule has 3 rings (SSSR count). The molecule has 0 spiro atoms. The summed E-state index contributed by atoms with van der Waals surface area (Å²) >= 11 is 6.14. The Morgan fingerprint density at radius 1 is 1.21 bits per heavy atom. The van der Waals surface area contributed by atoms with Crippen LogP contribution in [0.3, 0.4) is 0 Å². The first-order valence-corrected chi connectivity index (χ1v) is 9.27. The minimum Gasteiger partial charge on any atom is -0.365 e. The minimum absolute atomic E-state index is 0.0487. The summed E-state index contributed by atoms with van der Waals surface area (Å²) in [6.45, 7) is 11.8. The van der Waals surface area contributed by atoms with Gasteiger partial charge in [-0.3, -0.25) is 9.78 Å². The Hall–Kier alpha value is -2.79. The van der Waals surface area contributed by atoms with Gasteiger partial charge in [0.05, 0.1) is 12.1 Å². The number of alkyl halides is 3. The fourth-order valence-electron chi connectivity index (χ4n) is 3.39. The summed E-state index contributed by atoms with van der Waals surface area (Å²) in [5, 5.41) is 0.367. The average Bonchev–Trinajstić information content (AvgIpc) is 2.68. The summed E-state index contributed by atoms with van der Waals surface area (Å²) in [6.07, 6.45) is -3.57. The smallest absolute Gasteiger partial charge is 0.365 e. The second-order valence-electron chi connectivity index (χ2n) is 6.99. The van der Waals surface area contributed by atoms with Crippen molar-refractivity contribution in [1.29, 1.82) is 0 Å². The van der Waals surface area contributed by atoms with Crippen LogP contribution in [0.15, 0.2) is 36.5 Å². The van der Waals surface area contributed by atoms with Gasteiger partial charge < -0.3 is 9.80 Å². The molecule has 1 aliphatic heterocycles. The number of pyridine rings is 1.